The number of rotatable bonds is 2. The molecule has 0 N–H and O–H groups in total. The Balaban J connectivity index is 1.88. The van der Waals surface area contributed by atoms with E-state index in [2.05, 4.69) is 54.3 Å². The molecule has 20 heavy (non-hydrogen) atoms. The van der Waals surface area contributed by atoms with Crippen LogP contribution in [0.2, 0.25) is 0 Å². The number of hydrogen-bond donors (Lipinski definition) is 0. The summed E-state index contributed by atoms with van der Waals surface area (Å²) in [5.41, 5.74) is 4.63. The first kappa shape index (κ1) is 12.7. The van der Waals surface area contributed by atoms with Crippen molar-refractivity contribution in [2.24, 2.45) is 0 Å². The Morgan fingerprint density at radius 3 is 2.40 bits per heavy atom. The van der Waals surface area contributed by atoms with Gasteiger partial charge in [-0.25, -0.2) is 0 Å². The van der Waals surface area contributed by atoms with Gasteiger partial charge in [-0.15, -0.1) is 0 Å². The molecule has 1 aliphatic rings. The predicted molar refractivity (Wildman–Crippen MR) is 81.7 cm³/mol. The van der Waals surface area contributed by atoms with Crippen molar-refractivity contribution in [2.45, 2.75) is 25.8 Å². The van der Waals surface area contributed by atoms with Crippen molar-refractivity contribution in [1.29, 1.82) is 5.26 Å². The minimum absolute atomic E-state index is 0.436. The van der Waals surface area contributed by atoms with Gasteiger partial charge in [0, 0.05) is 12.2 Å². The Hall–Kier alpha value is -2.27. The average molecular weight is 262 g/mol. The lowest BCUT2D eigenvalue weighted by Gasteiger charge is -2.27. The van der Waals surface area contributed by atoms with Crippen LogP contribution in [0.3, 0.4) is 0 Å². The Morgan fingerprint density at radius 2 is 1.75 bits per heavy atom. The third-order valence-corrected chi connectivity index (χ3v) is 4.04. The van der Waals surface area contributed by atoms with E-state index >= 15 is 0 Å². The van der Waals surface area contributed by atoms with Gasteiger partial charge in [0.25, 0.3) is 0 Å². The Kier molecular flexibility index (Phi) is 3.43. The van der Waals surface area contributed by atoms with E-state index in [1.807, 2.05) is 12.1 Å². The van der Waals surface area contributed by atoms with Gasteiger partial charge < -0.3 is 4.90 Å². The van der Waals surface area contributed by atoms with Crippen LogP contribution in [0.15, 0.2) is 48.5 Å². The highest BCUT2D eigenvalue weighted by atomic mass is 15.2. The van der Waals surface area contributed by atoms with Gasteiger partial charge >= 0.3 is 0 Å². The third-order valence-electron chi connectivity index (χ3n) is 4.04. The van der Waals surface area contributed by atoms with Gasteiger partial charge in [0.15, 0.2) is 0 Å². The van der Waals surface area contributed by atoms with Crippen molar-refractivity contribution in [3.8, 4) is 6.07 Å². The highest BCUT2D eigenvalue weighted by molar-refractivity contribution is 5.51. The molecule has 2 aromatic rings. The molecule has 0 aliphatic carbocycles. The molecule has 0 spiro atoms. The lowest BCUT2D eigenvalue weighted by Crippen LogP contribution is -2.22. The van der Waals surface area contributed by atoms with Gasteiger partial charge in [-0.3, -0.25) is 0 Å². The van der Waals surface area contributed by atoms with Crippen LogP contribution >= 0.6 is 0 Å². The topological polar surface area (TPSA) is 27.0 Å². The van der Waals surface area contributed by atoms with E-state index < -0.39 is 0 Å². The van der Waals surface area contributed by atoms with E-state index in [0.29, 0.717) is 6.04 Å². The molecule has 0 bridgehead atoms. The zero-order valence-corrected chi connectivity index (χ0v) is 11.7. The van der Waals surface area contributed by atoms with E-state index in [-0.39, 0.29) is 0 Å². The van der Waals surface area contributed by atoms with Gasteiger partial charge in [0.1, 0.15) is 0 Å². The number of benzene rings is 2. The van der Waals surface area contributed by atoms with Crippen molar-refractivity contribution in [1.82, 2.24) is 0 Å². The summed E-state index contributed by atoms with van der Waals surface area (Å²) in [4.78, 5) is 2.47. The number of anilines is 1. The van der Waals surface area contributed by atoms with E-state index in [0.717, 1.165) is 12.1 Å². The molecule has 2 heteroatoms. The summed E-state index contributed by atoms with van der Waals surface area (Å²) in [7, 11) is 0. The van der Waals surface area contributed by atoms with Gasteiger partial charge in [0.2, 0.25) is 0 Å². The zero-order valence-electron chi connectivity index (χ0n) is 11.7. The Morgan fingerprint density at radius 1 is 1.05 bits per heavy atom. The van der Waals surface area contributed by atoms with Crippen LogP contribution in [0, 0.1) is 18.3 Å². The molecule has 0 radical (unpaired) electrons. The Bertz CT molecular complexity index is 620. The maximum absolute atomic E-state index is 8.89. The molecular formula is C18H18N2. The van der Waals surface area contributed by atoms with Gasteiger partial charge in [0.05, 0.1) is 17.7 Å². The summed E-state index contributed by atoms with van der Waals surface area (Å²) in [6.07, 6.45) is 2.40. The van der Waals surface area contributed by atoms with Crippen molar-refractivity contribution >= 4 is 5.69 Å². The highest BCUT2D eigenvalue weighted by Gasteiger charge is 2.25. The lowest BCUT2D eigenvalue weighted by atomic mass is 10.0. The molecule has 0 aromatic heterocycles. The van der Waals surface area contributed by atoms with Crippen LogP contribution in [0.1, 0.15) is 35.6 Å². The van der Waals surface area contributed by atoms with Crippen LogP contribution in [0.5, 0.6) is 0 Å². The SMILES string of the molecule is Cc1ccc(N2CCCC2c2ccc(C#N)cc2)cc1. The Labute approximate surface area is 120 Å². The van der Waals surface area contributed by atoms with Gasteiger partial charge in [-0.2, -0.15) is 5.26 Å². The molecule has 1 unspecified atom stereocenters. The van der Waals surface area contributed by atoms with Crippen molar-refractivity contribution in [3.63, 3.8) is 0 Å². The third kappa shape index (κ3) is 2.40. The fraction of sp³-hybridized carbons (Fsp3) is 0.278. The molecule has 1 atom stereocenters. The van der Waals surface area contributed by atoms with Crippen LogP contribution in [0.25, 0.3) is 0 Å². The first-order valence-electron chi connectivity index (χ1n) is 7.11. The largest absolute Gasteiger partial charge is 0.364 e. The van der Waals surface area contributed by atoms with E-state index in [9.17, 15) is 0 Å². The summed E-state index contributed by atoms with van der Waals surface area (Å²) in [5, 5.41) is 8.89. The van der Waals surface area contributed by atoms with Gasteiger partial charge in [-0.05, 0) is 49.6 Å². The minimum atomic E-state index is 0.436. The number of aryl methyl sites for hydroxylation is 1. The molecule has 3 rings (SSSR count). The maximum Gasteiger partial charge on any atom is 0.0991 e. The molecule has 1 saturated heterocycles. The molecule has 0 saturated carbocycles. The second-order valence-corrected chi connectivity index (χ2v) is 5.42. The van der Waals surface area contributed by atoms with Crippen LogP contribution < -0.4 is 4.90 Å². The van der Waals surface area contributed by atoms with E-state index in [4.69, 9.17) is 5.26 Å². The smallest absolute Gasteiger partial charge is 0.0991 e. The van der Waals surface area contributed by atoms with Crippen molar-refractivity contribution < 1.29 is 0 Å². The predicted octanol–water partition coefficient (Wildman–Crippen LogP) is 4.21. The minimum Gasteiger partial charge on any atom is -0.364 e. The maximum atomic E-state index is 8.89. The monoisotopic (exact) mass is 262 g/mol. The molecule has 1 heterocycles. The molecule has 1 aliphatic heterocycles. The van der Waals surface area contributed by atoms with Crippen molar-refractivity contribution in [2.75, 3.05) is 11.4 Å². The second-order valence-electron chi connectivity index (χ2n) is 5.42. The fourth-order valence-electron chi connectivity index (χ4n) is 2.94. The van der Waals surface area contributed by atoms with E-state index in [1.165, 1.54) is 29.7 Å². The average Bonchev–Trinajstić information content (AvgIpc) is 2.97. The molecular weight excluding hydrogens is 244 g/mol. The molecule has 1 fully saturated rings. The van der Waals surface area contributed by atoms with Crippen LogP contribution in [0.4, 0.5) is 5.69 Å². The lowest BCUT2D eigenvalue weighted by molar-refractivity contribution is 0.719. The molecule has 2 aromatic carbocycles. The molecule has 100 valence electrons. The summed E-state index contributed by atoms with van der Waals surface area (Å²) < 4.78 is 0. The fourth-order valence-corrected chi connectivity index (χ4v) is 2.94. The first-order chi connectivity index (χ1) is 9.78. The van der Waals surface area contributed by atoms with E-state index in [1.54, 1.807) is 0 Å². The van der Waals surface area contributed by atoms with Gasteiger partial charge in [-0.1, -0.05) is 29.8 Å². The normalized spacial score (nSPS) is 18.0. The molecule has 2 nitrogen and oxygen atoms in total. The summed E-state index contributed by atoms with van der Waals surface area (Å²) in [6.45, 7) is 3.22. The van der Waals surface area contributed by atoms with Crippen molar-refractivity contribution in [3.05, 3.63) is 65.2 Å². The number of hydrogen-bond acceptors (Lipinski definition) is 2. The summed E-state index contributed by atoms with van der Waals surface area (Å²) >= 11 is 0. The number of nitrogens with zero attached hydrogens (tertiary/aromatic N) is 2. The number of nitriles is 1. The quantitative estimate of drug-likeness (QED) is 0.810. The summed E-state index contributed by atoms with van der Waals surface area (Å²) in [6, 6.07) is 19.4. The highest BCUT2D eigenvalue weighted by Crippen LogP contribution is 2.36. The molecule has 0 amide bonds. The summed E-state index contributed by atoms with van der Waals surface area (Å²) in [5.74, 6) is 0. The standard InChI is InChI=1S/C18H18N2/c1-14-4-10-17(11-5-14)20-12-2-3-18(20)16-8-6-15(13-19)7-9-16/h4-11,18H,2-3,12H2,1H3. The zero-order chi connectivity index (χ0) is 13.9. The first-order valence-corrected chi connectivity index (χ1v) is 7.11. The van der Waals surface area contributed by atoms with Crippen LogP contribution in [-0.4, -0.2) is 6.54 Å². The second kappa shape index (κ2) is 5.38. The van der Waals surface area contributed by atoms with Crippen LogP contribution in [-0.2, 0) is 0 Å².